The lowest BCUT2D eigenvalue weighted by Gasteiger charge is -2.21. The maximum atomic E-state index is 12.4. The molecule has 5 heteroatoms. The summed E-state index contributed by atoms with van der Waals surface area (Å²) < 4.78 is 0. The summed E-state index contributed by atoms with van der Waals surface area (Å²) in [6, 6.07) is 16.9. The van der Waals surface area contributed by atoms with Gasteiger partial charge < -0.3 is 15.5 Å². The Morgan fingerprint density at radius 3 is 2.18 bits per heavy atom. The van der Waals surface area contributed by atoms with Gasteiger partial charge in [-0.15, -0.1) is 0 Å². The number of benzene rings is 2. The van der Waals surface area contributed by atoms with Crippen LogP contribution in [0.5, 0.6) is 0 Å². The first-order valence-electron chi connectivity index (χ1n) is 9.64. The quantitative estimate of drug-likeness (QED) is 0.773. The Morgan fingerprint density at radius 1 is 1.00 bits per heavy atom. The lowest BCUT2D eigenvalue weighted by molar-refractivity contribution is -0.122. The number of nitrogens with one attached hydrogen (secondary N) is 2. The second-order valence-electron chi connectivity index (χ2n) is 8.07. The summed E-state index contributed by atoms with van der Waals surface area (Å²) in [4.78, 5) is 26.7. The molecule has 0 spiro atoms. The molecule has 0 saturated heterocycles. The van der Waals surface area contributed by atoms with Gasteiger partial charge in [-0.25, -0.2) is 0 Å². The first kappa shape index (κ1) is 21.5. The van der Waals surface area contributed by atoms with E-state index in [1.165, 1.54) is 0 Å². The molecule has 2 amide bonds. The molecular formula is C23H31N3O2. The van der Waals surface area contributed by atoms with E-state index in [1.807, 2.05) is 49.5 Å². The molecule has 2 aromatic carbocycles. The summed E-state index contributed by atoms with van der Waals surface area (Å²) >= 11 is 0. The van der Waals surface area contributed by atoms with Crippen LogP contribution in [-0.4, -0.2) is 38.0 Å². The summed E-state index contributed by atoms with van der Waals surface area (Å²) in [7, 11) is 1.98. The zero-order valence-electron chi connectivity index (χ0n) is 17.5. The normalized spacial score (nSPS) is 12.2. The Bertz CT molecular complexity index is 780. The molecule has 2 N–H and O–H groups in total. The van der Waals surface area contributed by atoms with Crippen LogP contribution in [0.15, 0.2) is 54.6 Å². The number of para-hydroxylation sites is 1. The molecule has 0 saturated carbocycles. The number of carbonyl (C=O) groups excluding carboxylic acids is 2. The molecule has 150 valence electrons. The van der Waals surface area contributed by atoms with Crippen molar-refractivity contribution >= 4 is 17.5 Å². The van der Waals surface area contributed by atoms with Crippen LogP contribution >= 0.6 is 0 Å². The van der Waals surface area contributed by atoms with Gasteiger partial charge in [-0.2, -0.15) is 0 Å². The number of rotatable bonds is 7. The van der Waals surface area contributed by atoms with Gasteiger partial charge in [0.05, 0.1) is 0 Å². The molecule has 2 rings (SSSR count). The number of hydrogen-bond donors (Lipinski definition) is 2. The SMILES string of the molecule is CC(NC(=O)c1ccc(C(C)(C)C)cc1)C(=O)NCCN(C)c1ccccc1. The lowest BCUT2D eigenvalue weighted by atomic mass is 9.86. The fraction of sp³-hybridized carbons (Fsp3) is 0.391. The second kappa shape index (κ2) is 9.40. The molecule has 0 heterocycles. The van der Waals surface area contributed by atoms with Gasteiger partial charge in [0.25, 0.3) is 5.91 Å². The number of hydrogen-bond acceptors (Lipinski definition) is 3. The highest BCUT2D eigenvalue weighted by Gasteiger charge is 2.18. The predicted octanol–water partition coefficient (Wildman–Crippen LogP) is 3.36. The van der Waals surface area contributed by atoms with Crippen molar-refractivity contribution < 1.29 is 9.59 Å². The molecule has 0 aromatic heterocycles. The summed E-state index contributed by atoms with van der Waals surface area (Å²) in [5, 5.41) is 5.63. The van der Waals surface area contributed by atoms with Crippen LogP contribution in [0.3, 0.4) is 0 Å². The van der Waals surface area contributed by atoms with Crippen LogP contribution in [0.25, 0.3) is 0 Å². The molecule has 1 atom stereocenters. The van der Waals surface area contributed by atoms with E-state index < -0.39 is 6.04 Å². The Kier molecular flexibility index (Phi) is 7.21. The first-order valence-corrected chi connectivity index (χ1v) is 9.64. The predicted molar refractivity (Wildman–Crippen MR) is 115 cm³/mol. The molecular weight excluding hydrogens is 350 g/mol. The Morgan fingerprint density at radius 2 is 1.61 bits per heavy atom. The molecule has 0 aliphatic heterocycles. The second-order valence-corrected chi connectivity index (χ2v) is 8.07. The fourth-order valence-corrected chi connectivity index (χ4v) is 2.78. The molecule has 0 radical (unpaired) electrons. The van der Waals surface area contributed by atoms with Gasteiger partial charge in [0, 0.05) is 31.4 Å². The molecule has 28 heavy (non-hydrogen) atoms. The van der Waals surface area contributed by atoms with Crippen molar-refractivity contribution in [2.45, 2.75) is 39.2 Å². The molecule has 5 nitrogen and oxygen atoms in total. The van der Waals surface area contributed by atoms with Gasteiger partial charge in [0.15, 0.2) is 0 Å². The van der Waals surface area contributed by atoms with E-state index in [1.54, 1.807) is 19.1 Å². The number of carbonyl (C=O) groups is 2. The van der Waals surface area contributed by atoms with E-state index in [9.17, 15) is 9.59 Å². The van der Waals surface area contributed by atoms with Crippen molar-refractivity contribution in [2.75, 3.05) is 25.0 Å². The van der Waals surface area contributed by atoms with Crippen LogP contribution < -0.4 is 15.5 Å². The average Bonchev–Trinajstić information content (AvgIpc) is 2.67. The van der Waals surface area contributed by atoms with Gasteiger partial charge in [0.1, 0.15) is 6.04 Å². The van der Waals surface area contributed by atoms with Crippen molar-refractivity contribution in [3.8, 4) is 0 Å². The summed E-state index contributed by atoms with van der Waals surface area (Å²) in [6.07, 6.45) is 0. The molecule has 0 bridgehead atoms. The minimum absolute atomic E-state index is 0.0368. The Hall–Kier alpha value is -2.82. The highest BCUT2D eigenvalue weighted by atomic mass is 16.2. The summed E-state index contributed by atoms with van der Waals surface area (Å²) in [5.41, 5.74) is 2.85. The van der Waals surface area contributed by atoms with Crippen LogP contribution in [0, 0.1) is 0 Å². The highest BCUT2D eigenvalue weighted by Crippen LogP contribution is 2.22. The van der Waals surface area contributed by atoms with E-state index in [2.05, 4.69) is 36.3 Å². The number of likely N-dealkylation sites (N-methyl/N-ethyl adjacent to an activating group) is 1. The van der Waals surface area contributed by atoms with Crippen LogP contribution in [0.4, 0.5) is 5.69 Å². The van der Waals surface area contributed by atoms with Crippen molar-refractivity contribution in [3.63, 3.8) is 0 Å². The van der Waals surface area contributed by atoms with E-state index >= 15 is 0 Å². The van der Waals surface area contributed by atoms with E-state index in [4.69, 9.17) is 0 Å². The topological polar surface area (TPSA) is 61.4 Å². The maximum absolute atomic E-state index is 12.4. The van der Waals surface area contributed by atoms with Gasteiger partial charge in [-0.1, -0.05) is 51.1 Å². The smallest absolute Gasteiger partial charge is 0.251 e. The highest BCUT2D eigenvalue weighted by molar-refractivity contribution is 5.97. The lowest BCUT2D eigenvalue weighted by Crippen LogP contribution is -2.46. The van der Waals surface area contributed by atoms with Crippen molar-refractivity contribution in [3.05, 3.63) is 65.7 Å². The van der Waals surface area contributed by atoms with Crippen LogP contribution in [0.2, 0.25) is 0 Å². The first-order chi connectivity index (χ1) is 13.2. The van der Waals surface area contributed by atoms with Crippen molar-refractivity contribution in [1.82, 2.24) is 10.6 Å². The third kappa shape index (κ3) is 6.12. The minimum Gasteiger partial charge on any atom is -0.373 e. The monoisotopic (exact) mass is 381 g/mol. The summed E-state index contributed by atoms with van der Waals surface area (Å²) in [6.45, 7) is 9.27. The number of nitrogens with zero attached hydrogens (tertiary/aromatic N) is 1. The van der Waals surface area contributed by atoms with E-state index in [0.717, 1.165) is 11.3 Å². The maximum Gasteiger partial charge on any atom is 0.251 e. The van der Waals surface area contributed by atoms with E-state index in [0.29, 0.717) is 18.7 Å². The molecule has 0 aliphatic carbocycles. The standard InChI is InChI=1S/C23H31N3O2/c1-17(21(27)24-15-16-26(5)20-9-7-6-8-10-20)25-22(28)18-11-13-19(14-12-18)23(2,3)4/h6-14,17H,15-16H2,1-5H3,(H,24,27)(H,25,28). The van der Waals surface area contributed by atoms with Crippen molar-refractivity contribution in [2.24, 2.45) is 0 Å². The molecule has 1 unspecified atom stereocenters. The average molecular weight is 382 g/mol. The van der Waals surface area contributed by atoms with Gasteiger partial charge >= 0.3 is 0 Å². The van der Waals surface area contributed by atoms with Crippen LogP contribution in [0.1, 0.15) is 43.6 Å². The third-order valence-corrected chi connectivity index (χ3v) is 4.70. The largest absolute Gasteiger partial charge is 0.373 e. The Balaban J connectivity index is 1.80. The Labute approximate surface area is 168 Å². The molecule has 0 fully saturated rings. The molecule has 2 aromatic rings. The number of anilines is 1. The zero-order chi connectivity index (χ0) is 20.7. The minimum atomic E-state index is -0.600. The molecule has 0 aliphatic rings. The zero-order valence-corrected chi connectivity index (χ0v) is 17.5. The summed E-state index contributed by atoms with van der Waals surface area (Å²) in [5.74, 6) is -0.439. The van der Waals surface area contributed by atoms with Gasteiger partial charge in [-0.3, -0.25) is 9.59 Å². The van der Waals surface area contributed by atoms with E-state index in [-0.39, 0.29) is 17.2 Å². The van der Waals surface area contributed by atoms with Crippen LogP contribution in [-0.2, 0) is 10.2 Å². The van der Waals surface area contributed by atoms with Crippen molar-refractivity contribution in [1.29, 1.82) is 0 Å². The third-order valence-electron chi connectivity index (χ3n) is 4.70. The fourth-order valence-electron chi connectivity index (χ4n) is 2.78. The number of amides is 2. The van der Waals surface area contributed by atoms with Gasteiger partial charge in [0.2, 0.25) is 5.91 Å². The van der Waals surface area contributed by atoms with Gasteiger partial charge in [-0.05, 0) is 42.2 Å².